The molecule has 288 valence electrons. The summed E-state index contributed by atoms with van der Waals surface area (Å²) in [5.74, 6) is -5.21. The number of rotatable bonds is 21. The maximum Gasteiger partial charge on any atom is 0.651 e. The summed E-state index contributed by atoms with van der Waals surface area (Å²) in [5.41, 5.74) is 2.64. The molecule has 0 amide bonds. The third-order valence-corrected chi connectivity index (χ3v) is 9.03. The molecule has 0 aliphatic carbocycles. The Morgan fingerprint density at radius 1 is 1.02 bits per heavy atom. The molecule has 19 nitrogen and oxygen atoms in total. The number of para-hydroxylation sites is 1. The van der Waals surface area contributed by atoms with Crippen molar-refractivity contribution >= 4 is 37.5 Å². The largest absolute Gasteiger partial charge is 0.651 e. The quantitative estimate of drug-likeness (QED) is 0.0589. The van der Waals surface area contributed by atoms with E-state index in [0.29, 0.717) is 19.3 Å². The molecular weight excluding hydrogens is 709 g/mol. The van der Waals surface area contributed by atoms with Crippen LogP contribution in [0, 0.1) is 0 Å². The molecule has 7 N–H and O–H groups in total. The summed E-state index contributed by atoms with van der Waals surface area (Å²) in [7, 11) is -5.17. The van der Waals surface area contributed by atoms with Gasteiger partial charge in [-0.3, -0.25) is 14.2 Å². The second-order valence-electron chi connectivity index (χ2n) is 12.1. The number of phosphoric acid groups is 1. The van der Waals surface area contributed by atoms with Crippen LogP contribution < -0.4 is 26.6 Å². The number of nitrogen functional groups attached to an aromatic ring is 1. The minimum absolute atomic E-state index is 0.0755. The SMILES string of the molecule is CCCCN[C@@H](CC(=O)O)C(=O)OP(=O)(OC(=O)[C@H](CC(=O)OC[C@H]1O[C@@H](n2ccc(N)nc2=O)[C@](C)(O)[C@@H]1O)NCCCC)Oc1ccccc1. The summed E-state index contributed by atoms with van der Waals surface area (Å²) < 4.78 is 41.3. The van der Waals surface area contributed by atoms with E-state index in [0.717, 1.165) is 11.0 Å². The lowest BCUT2D eigenvalue weighted by Crippen LogP contribution is -2.46. The molecule has 52 heavy (non-hydrogen) atoms. The van der Waals surface area contributed by atoms with E-state index in [-0.39, 0.29) is 24.7 Å². The molecule has 1 fully saturated rings. The predicted octanol–water partition coefficient (Wildman–Crippen LogP) is 1.03. The average Bonchev–Trinajstić information content (AvgIpc) is 3.30. The zero-order valence-corrected chi connectivity index (χ0v) is 29.9. The molecule has 2 aromatic rings. The Hall–Kier alpha value is -4.39. The molecule has 0 bridgehead atoms. The van der Waals surface area contributed by atoms with Gasteiger partial charge in [-0.1, -0.05) is 44.9 Å². The fourth-order valence-electron chi connectivity index (χ4n) is 4.96. The van der Waals surface area contributed by atoms with Crippen LogP contribution in [-0.2, 0) is 42.3 Å². The highest BCUT2D eigenvalue weighted by molar-refractivity contribution is 7.50. The topological polar surface area (TPSA) is 277 Å². The zero-order valence-electron chi connectivity index (χ0n) is 29.0. The van der Waals surface area contributed by atoms with Crippen molar-refractivity contribution in [2.24, 2.45) is 0 Å². The second kappa shape index (κ2) is 19.4. The van der Waals surface area contributed by atoms with Crippen molar-refractivity contribution in [3.05, 3.63) is 53.1 Å². The third-order valence-electron chi connectivity index (χ3n) is 7.79. The number of carboxylic acid groups (broad SMARTS) is 1. The molecule has 0 radical (unpaired) electrons. The lowest BCUT2D eigenvalue weighted by molar-refractivity contribution is -0.154. The van der Waals surface area contributed by atoms with Crippen molar-refractivity contribution in [1.29, 1.82) is 0 Å². The van der Waals surface area contributed by atoms with Gasteiger partial charge in [0.15, 0.2) is 6.23 Å². The van der Waals surface area contributed by atoms with Crippen molar-refractivity contribution in [3.63, 3.8) is 0 Å². The number of hydrogen-bond donors (Lipinski definition) is 6. The van der Waals surface area contributed by atoms with Gasteiger partial charge in [0.25, 0.3) is 0 Å². The molecule has 20 heteroatoms. The zero-order chi connectivity index (χ0) is 38.5. The van der Waals surface area contributed by atoms with Crippen LogP contribution in [0.25, 0.3) is 0 Å². The van der Waals surface area contributed by atoms with Gasteiger partial charge in [-0.15, -0.1) is 0 Å². The van der Waals surface area contributed by atoms with E-state index in [2.05, 4.69) is 15.6 Å². The first-order valence-corrected chi connectivity index (χ1v) is 18.1. The van der Waals surface area contributed by atoms with Gasteiger partial charge in [0.1, 0.15) is 48.1 Å². The van der Waals surface area contributed by atoms with Gasteiger partial charge in [-0.2, -0.15) is 9.55 Å². The Morgan fingerprint density at radius 2 is 1.60 bits per heavy atom. The molecule has 1 aliphatic rings. The van der Waals surface area contributed by atoms with E-state index < -0.39 is 93.0 Å². The molecule has 3 rings (SSSR count). The van der Waals surface area contributed by atoms with E-state index in [9.17, 15) is 43.9 Å². The van der Waals surface area contributed by atoms with Gasteiger partial charge in [0.2, 0.25) is 0 Å². The Labute approximate surface area is 299 Å². The number of nitrogens with two attached hydrogens (primary N) is 1. The smallest absolute Gasteiger partial charge is 0.481 e. The number of carboxylic acids is 1. The Balaban J connectivity index is 1.76. The summed E-state index contributed by atoms with van der Waals surface area (Å²) in [5, 5.41) is 36.5. The minimum Gasteiger partial charge on any atom is -0.481 e. The molecular formula is C32H46N5O14P. The average molecular weight is 756 g/mol. The Morgan fingerprint density at radius 3 is 2.13 bits per heavy atom. The van der Waals surface area contributed by atoms with Crippen molar-refractivity contribution < 1.29 is 62.1 Å². The highest BCUT2D eigenvalue weighted by Crippen LogP contribution is 2.50. The van der Waals surface area contributed by atoms with Gasteiger partial charge in [0.05, 0.1) is 12.8 Å². The monoisotopic (exact) mass is 755 g/mol. The standard InChI is InChI=1S/C32H46N5O14P/c1-4-6-14-34-21(17-25(38)39)28(42)50-52(46,49-20-11-9-8-10-12-20)51-29(43)22(35-15-7-5-2)18-26(40)47-19-23-27(41)32(3,45)30(48-23)37-16-13-24(33)36-31(37)44/h8-13,16,21-23,27,30,34-35,41,45H,4-7,14-15,17-19H2,1-3H3,(H,38,39)(H2,33,36,44)/t21-,22-,23+,27+,30+,32+,52?/m0/s1. The number of benzene rings is 1. The van der Waals surface area contributed by atoms with E-state index in [1.54, 1.807) is 6.07 Å². The molecule has 1 unspecified atom stereocenters. The van der Waals surface area contributed by atoms with Gasteiger partial charge >= 0.3 is 37.4 Å². The van der Waals surface area contributed by atoms with E-state index in [1.807, 2.05) is 13.8 Å². The molecule has 1 aromatic carbocycles. The van der Waals surface area contributed by atoms with Crippen LogP contribution >= 0.6 is 7.82 Å². The summed E-state index contributed by atoms with van der Waals surface area (Å²) in [4.78, 5) is 67.0. The molecule has 0 spiro atoms. The number of nitrogens with one attached hydrogen (secondary N) is 2. The summed E-state index contributed by atoms with van der Waals surface area (Å²) in [6, 6.07) is 5.62. The number of carbonyl (C=O) groups is 4. The Kier molecular flexibility index (Phi) is 15.7. The van der Waals surface area contributed by atoms with Crippen molar-refractivity contribution in [2.45, 2.75) is 95.4 Å². The number of anilines is 1. The molecule has 1 aromatic heterocycles. The maximum absolute atomic E-state index is 13.9. The first kappa shape index (κ1) is 42.0. The van der Waals surface area contributed by atoms with Crippen molar-refractivity contribution in [2.75, 3.05) is 25.4 Å². The number of carbonyl (C=O) groups excluding carboxylic acids is 3. The van der Waals surface area contributed by atoms with Crippen LogP contribution in [0.2, 0.25) is 0 Å². The van der Waals surface area contributed by atoms with E-state index in [4.69, 9.17) is 28.8 Å². The van der Waals surface area contributed by atoms with Crippen LogP contribution in [-0.4, -0.2) is 98.3 Å². The Bertz CT molecular complexity index is 1620. The highest BCUT2D eigenvalue weighted by atomic mass is 31.2. The van der Waals surface area contributed by atoms with Crippen LogP contribution in [0.15, 0.2) is 47.4 Å². The second-order valence-corrected chi connectivity index (χ2v) is 13.6. The van der Waals surface area contributed by atoms with Crippen LogP contribution in [0.3, 0.4) is 0 Å². The summed E-state index contributed by atoms with van der Waals surface area (Å²) in [6.45, 7) is 4.76. The molecule has 7 atom stereocenters. The molecule has 1 aliphatic heterocycles. The first-order chi connectivity index (χ1) is 24.6. The number of aliphatic carboxylic acids is 1. The lowest BCUT2D eigenvalue weighted by Gasteiger charge is -2.27. The fourth-order valence-corrected chi connectivity index (χ4v) is 6.14. The normalized spacial score (nSPS) is 22.1. The van der Waals surface area contributed by atoms with E-state index in [1.165, 1.54) is 43.5 Å². The molecule has 1 saturated heterocycles. The van der Waals surface area contributed by atoms with Gasteiger partial charge in [0, 0.05) is 6.20 Å². The van der Waals surface area contributed by atoms with Crippen LogP contribution in [0.4, 0.5) is 5.82 Å². The number of ether oxygens (including phenoxy) is 2. The fraction of sp³-hybridized carbons (Fsp3) is 0.562. The number of aliphatic hydroxyl groups is 2. The molecule has 0 saturated carbocycles. The number of nitrogens with zero attached hydrogens (tertiary/aromatic N) is 2. The number of unbranched alkanes of at least 4 members (excludes halogenated alkanes) is 2. The highest BCUT2D eigenvalue weighted by Gasteiger charge is 2.54. The lowest BCUT2D eigenvalue weighted by atomic mass is 9.96. The maximum atomic E-state index is 13.9. The minimum atomic E-state index is -5.17. The first-order valence-electron chi connectivity index (χ1n) is 16.7. The number of phosphoric ester groups is 1. The number of esters is 1. The van der Waals surface area contributed by atoms with Crippen molar-refractivity contribution in [3.8, 4) is 5.75 Å². The summed E-state index contributed by atoms with van der Waals surface area (Å²) in [6.07, 6.45) is -2.09. The van der Waals surface area contributed by atoms with Crippen LogP contribution in [0.5, 0.6) is 5.75 Å². The van der Waals surface area contributed by atoms with Gasteiger partial charge < -0.3 is 54.7 Å². The number of aliphatic hydroxyl groups excluding tert-OH is 1. The number of aromatic nitrogens is 2. The van der Waals surface area contributed by atoms with Crippen LogP contribution in [0.1, 0.15) is 65.5 Å². The number of hydrogen-bond acceptors (Lipinski definition) is 17. The summed E-state index contributed by atoms with van der Waals surface area (Å²) >= 11 is 0. The van der Waals surface area contributed by atoms with E-state index >= 15 is 0 Å². The van der Waals surface area contributed by atoms with Crippen molar-refractivity contribution in [1.82, 2.24) is 20.2 Å². The third kappa shape index (κ3) is 12.1. The molecule has 2 heterocycles. The van der Waals surface area contributed by atoms with Gasteiger partial charge in [-0.25, -0.2) is 14.4 Å². The van der Waals surface area contributed by atoms with Gasteiger partial charge in [-0.05, 0) is 51.1 Å². The predicted molar refractivity (Wildman–Crippen MR) is 182 cm³/mol.